The number of benzene rings is 3. The van der Waals surface area contributed by atoms with Crippen LogP contribution in [0.1, 0.15) is 29.6 Å². The Morgan fingerprint density at radius 1 is 0.891 bits per heavy atom. The number of carbonyl (C=O) groups is 2. The van der Waals surface area contributed by atoms with Gasteiger partial charge in [0.2, 0.25) is 10.0 Å². The van der Waals surface area contributed by atoms with Crippen LogP contribution >= 0.6 is 46.4 Å². The number of allylic oxidation sites excluding steroid dienone is 1. The van der Waals surface area contributed by atoms with E-state index in [1.54, 1.807) is 61.5 Å². The van der Waals surface area contributed by atoms with Gasteiger partial charge in [0.1, 0.15) is 11.5 Å². The zero-order valence-electron chi connectivity index (χ0n) is 24.7. The summed E-state index contributed by atoms with van der Waals surface area (Å²) in [6, 6.07) is 19.2. The highest BCUT2D eigenvalue weighted by molar-refractivity contribution is 7.89. The van der Waals surface area contributed by atoms with Gasteiger partial charge in [-0.15, -0.1) is 0 Å². The summed E-state index contributed by atoms with van der Waals surface area (Å²) in [6.07, 6.45) is 1.41. The number of methoxy groups -OCH3 is 1. The lowest BCUT2D eigenvalue weighted by Gasteiger charge is -2.22. The maximum absolute atomic E-state index is 13.8. The molecule has 46 heavy (non-hydrogen) atoms. The maximum atomic E-state index is 13.8. The first-order chi connectivity index (χ1) is 21.8. The summed E-state index contributed by atoms with van der Waals surface area (Å²) in [5.74, 6) is -0.752. The second-order valence-electron chi connectivity index (χ2n) is 10.4. The SMILES string of the molecule is COC(=O)C1=C(C)N(c2ccc(Cl)c(Cl)c2)C(=O)/C1=C/c1ccc(CN(Cc2ccc(Cl)cc2Cl)S(=O)(=O)c2ccc(C)cc2)o1. The van der Waals surface area contributed by atoms with E-state index in [4.69, 9.17) is 55.6 Å². The highest BCUT2D eigenvalue weighted by Crippen LogP contribution is 2.38. The summed E-state index contributed by atoms with van der Waals surface area (Å²) in [5, 5.41) is 1.27. The first-order valence-corrected chi connectivity index (χ1v) is 16.7. The molecule has 0 N–H and O–H groups in total. The summed E-state index contributed by atoms with van der Waals surface area (Å²) < 4.78 is 39.9. The van der Waals surface area contributed by atoms with Gasteiger partial charge >= 0.3 is 5.97 Å². The molecule has 0 fully saturated rings. The number of carbonyl (C=O) groups excluding carboxylic acids is 2. The molecule has 4 aromatic rings. The van der Waals surface area contributed by atoms with E-state index in [0.29, 0.717) is 32.0 Å². The van der Waals surface area contributed by atoms with Gasteiger partial charge in [0.15, 0.2) is 0 Å². The summed E-state index contributed by atoms with van der Waals surface area (Å²) in [5.41, 5.74) is 2.23. The quantitative estimate of drug-likeness (QED) is 0.127. The number of amides is 1. The second-order valence-corrected chi connectivity index (χ2v) is 14.0. The largest absolute Gasteiger partial charge is 0.465 e. The number of nitrogens with zero attached hydrogens (tertiary/aromatic N) is 2. The number of halogens is 4. The third kappa shape index (κ3) is 6.90. The summed E-state index contributed by atoms with van der Waals surface area (Å²) >= 11 is 24.7. The van der Waals surface area contributed by atoms with Gasteiger partial charge in [-0.3, -0.25) is 9.69 Å². The van der Waals surface area contributed by atoms with Crippen LogP contribution in [0.5, 0.6) is 0 Å². The van der Waals surface area contributed by atoms with Crippen LogP contribution in [0.15, 0.2) is 99.0 Å². The molecule has 0 unspecified atom stereocenters. The van der Waals surface area contributed by atoms with Crippen molar-refractivity contribution in [2.75, 3.05) is 12.0 Å². The van der Waals surface area contributed by atoms with Crippen LogP contribution < -0.4 is 4.90 Å². The first-order valence-electron chi connectivity index (χ1n) is 13.7. The third-order valence-corrected chi connectivity index (χ3v) is 10.4. The van der Waals surface area contributed by atoms with Crippen LogP contribution in [0.25, 0.3) is 6.08 Å². The third-order valence-electron chi connectivity index (χ3n) is 7.27. The fourth-order valence-corrected chi connectivity index (χ4v) is 7.06. The number of aryl methyl sites for hydroxylation is 1. The van der Waals surface area contributed by atoms with Gasteiger partial charge < -0.3 is 9.15 Å². The summed E-state index contributed by atoms with van der Waals surface area (Å²) in [7, 11) is -2.81. The second kappa shape index (κ2) is 13.7. The lowest BCUT2D eigenvalue weighted by molar-refractivity contribution is -0.136. The van der Waals surface area contributed by atoms with Gasteiger partial charge in [0.05, 0.1) is 45.4 Å². The standard InChI is InChI=1S/C33H26Cl4N2O6S/c1-19-4-11-26(12-5-19)46(42,43)38(17-21-6-7-22(34)14-29(21)36)18-25-10-9-24(45-25)16-27-31(33(41)44-3)20(2)39(32(27)40)23-8-13-28(35)30(37)15-23/h4-16H,17-18H2,1-3H3/b27-16+. The number of esters is 1. The van der Waals surface area contributed by atoms with E-state index in [0.717, 1.165) is 5.56 Å². The van der Waals surface area contributed by atoms with Gasteiger partial charge in [-0.05, 0) is 80.1 Å². The lowest BCUT2D eigenvalue weighted by Crippen LogP contribution is -2.30. The Bertz CT molecular complexity index is 2020. The Morgan fingerprint density at radius 3 is 2.26 bits per heavy atom. The van der Waals surface area contributed by atoms with Crippen molar-refractivity contribution in [3.05, 3.63) is 132 Å². The van der Waals surface area contributed by atoms with Crippen molar-refractivity contribution in [2.24, 2.45) is 0 Å². The highest BCUT2D eigenvalue weighted by atomic mass is 35.5. The van der Waals surface area contributed by atoms with Crippen LogP contribution in [0, 0.1) is 6.92 Å². The fraction of sp³-hybridized carbons (Fsp3) is 0.152. The molecule has 0 saturated heterocycles. The molecule has 8 nitrogen and oxygen atoms in total. The van der Waals surface area contributed by atoms with Gasteiger partial charge in [-0.25, -0.2) is 13.2 Å². The lowest BCUT2D eigenvalue weighted by atomic mass is 10.1. The summed E-state index contributed by atoms with van der Waals surface area (Å²) in [6.45, 7) is 3.23. The highest BCUT2D eigenvalue weighted by Gasteiger charge is 2.38. The minimum absolute atomic E-state index is 0.0217. The van der Waals surface area contributed by atoms with Crippen LogP contribution in [-0.4, -0.2) is 31.7 Å². The number of hydrogen-bond acceptors (Lipinski definition) is 6. The maximum Gasteiger partial charge on any atom is 0.340 e. The van der Waals surface area contributed by atoms with Crippen molar-refractivity contribution in [3.63, 3.8) is 0 Å². The zero-order valence-corrected chi connectivity index (χ0v) is 28.5. The Balaban J connectivity index is 1.50. The van der Waals surface area contributed by atoms with Crippen molar-refractivity contribution in [1.29, 1.82) is 0 Å². The van der Waals surface area contributed by atoms with E-state index in [2.05, 4.69) is 0 Å². The molecule has 2 heterocycles. The van der Waals surface area contributed by atoms with Gasteiger partial charge in [0, 0.05) is 22.3 Å². The average molecular weight is 720 g/mol. The molecule has 13 heteroatoms. The molecule has 0 bridgehead atoms. The average Bonchev–Trinajstić information content (AvgIpc) is 3.55. The molecular formula is C33H26Cl4N2O6S. The monoisotopic (exact) mass is 718 g/mol. The normalized spacial score (nSPS) is 14.6. The Morgan fingerprint density at radius 2 is 1.61 bits per heavy atom. The van der Waals surface area contributed by atoms with Crippen molar-refractivity contribution in [3.8, 4) is 0 Å². The number of furan rings is 1. The van der Waals surface area contributed by atoms with E-state index >= 15 is 0 Å². The summed E-state index contributed by atoms with van der Waals surface area (Å²) in [4.78, 5) is 27.9. The van der Waals surface area contributed by atoms with E-state index in [-0.39, 0.29) is 45.7 Å². The molecule has 0 saturated carbocycles. The number of sulfonamides is 1. The zero-order chi connectivity index (χ0) is 33.3. The molecule has 1 aliphatic rings. The van der Waals surface area contributed by atoms with E-state index in [1.807, 2.05) is 6.92 Å². The van der Waals surface area contributed by atoms with Crippen LogP contribution in [0.4, 0.5) is 5.69 Å². The Hall–Kier alpha value is -3.57. The molecule has 0 spiro atoms. The smallest absolute Gasteiger partial charge is 0.340 e. The molecule has 5 rings (SSSR count). The number of anilines is 1. The predicted octanol–water partition coefficient (Wildman–Crippen LogP) is 8.47. The van der Waals surface area contributed by atoms with Crippen LogP contribution in [0.3, 0.4) is 0 Å². The topological polar surface area (TPSA) is 97.1 Å². The van der Waals surface area contributed by atoms with E-state index in [9.17, 15) is 18.0 Å². The van der Waals surface area contributed by atoms with Crippen molar-refractivity contribution in [2.45, 2.75) is 31.8 Å². The van der Waals surface area contributed by atoms with Crippen LogP contribution in [0.2, 0.25) is 20.1 Å². The molecular weight excluding hydrogens is 694 g/mol. The first kappa shape index (κ1) is 33.8. The molecule has 1 aliphatic heterocycles. The molecule has 0 radical (unpaired) electrons. The van der Waals surface area contributed by atoms with Gasteiger partial charge in [-0.1, -0.05) is 70.2 Å². The molecule has 3 aromatic carbocycles. The van der Waals surface area contributed by atoms with Gasteiger partial charge in [-0.2, -0.15) is 4.31 Å². The Labute approximate surface area is 286 Å². The van der Waals surface area contributed by atoms with Crippen molar-refractivity contribution >= 4 is 80.1 Å². The number of rotatable bonds is 9. The number of hydrogen-bond donors (Lipinski definition) is 0. The molecule has 1 aromatic heterocycles. The van der Waals surface area contributed by atoms with E-state index in [1.165, 1.54) is 40.6 Å². The van der Waals surface area contributed by atoms with Crippen LogP contribution in [-0.2, 0) is 37.4 Å². The fourth-order valence-electron chi connectivity index (χ4n) is 4.91. The van der Waals surface area contributed by atoms with Crippen molar-refractivity contribution < 1.29 is 27.2 Å². The number of ether oxygens (including phenoxy) is 1. The molecule has 1 amide bonds. The predicted molar refractivity (Wildman–Crippen MR) is 179 cm³/mol. The minimum atomic E-state index is -4.02. The van der Waals surface area contributed by atoms with Crippen molar-refractivity contribution in [1.82, 2.24) is 4.31 Å². The van der Waals surface area contributed by atoms with E-state index < -0.39 is 21.9 Å². The minimum Gasteiger partial charge on any atom is -0.465 e. The Kier molecular flexibility index (Phi) is 10.0. The molecule has 0 atom stereocenters. The molecule has 238 valence electrons. The molecule has 0 aliphatic carbocycles. The van der Waals surface area contributed by atoms with Gasteiger partial charge in [0.25, 0.3) is 5.91 Å².